The highest BCUT2D eigenvalue weighted by Crippen LogP contribution is 2.28. The van der Waals surface area contributed by atoms with Crippen molar-refractivity contribution < 1.29 is 23.9 Å². The van der Waals surface area contributed by atoms with Crippen LogP contribution in [-0.4, -0.2) is 30.3 Å². The molecular formula is C22H13N3O5S. The number of nitriles is 1. The summed E-state index contributed by atoms with van der Waals surface area (Å²) in [6.07, 6.45) is 0. The number of fused-ring (bicyclic) bond motifs is 1. The van der Waals surface area contributed by atoms with Crippen molar-refractivity contribution in [1.29, 1.82) is 5.26 Å². The molecule has 0 saturated carbocycles. The highest BCUT2D eigenvalue weighted by molar-refractivity contribution is 7.14. The van der Waals surface area contributed by atoms with Gasteiger partial charge in [0.1, 0.15) is 11.1 Å². The number of carbonyl (C=O) groups excluding carboxylic acids is 4. The fraction of sp³-hybridized carbons (Fsp3) is 0.0455. The molecule has 8 nitrogen and oxygen atoms in total. The number of hydrogen-bond acceptors (Lipinski definition) is 7. The van der Waals surface area contributed by atoms with Crippen LogP contribution in [0.25, 0.3) is 0 Å². The van der Waals surface area contributed by atoms with Crippen molar-refractivity contribution in [3.63, 3.8) is 0 Å². The van der Waals surface area contributed by atoms with Crippen molar-refractivity contribution in [2.45, 2.75) is 0 Å². The molecule has 1 aliphatic rings. The summed E-state index contributed by atoms with van der Waals surface area (Å²) in [5, 5.41) is 13.5. The highest BCUT2D eigenvalue weighted by atomic mass is 32.1. The first-order valence-corrected chi connectivity index (χ1v) is 9.90. The molecule has 31 heavy (non-hydrogen) atoms. The van der Waals surface area contributed by atoms with E-state index in [1.54, 1.807) is 35.7 Å². The quantitative estimate of drug-likeness (QED) is 0.490. The molecule has 1 aromatic heterocycles. The Morgan fingerprint density at radius 1 is 1.00 bits per heavy atom. The molecule has 2 aromatic carbocycles. The zero-order valence-corrected chi connectivity index (χ0v) is 16.6. The minimum Gasteiger partial charge on any atom is -0.452 e. The zero-order chi connectivity index (χ0) is 22.0. The molecule has 3 aromatic rings. The van der Waals surface area contributed by atoms with Crippen molar-refractivity contribution in [3.05, 3.63) is 82.2 Å². The van der Waals surface area contributed by atoms with Gasteiger partial charge in [0.2, 0.25) is 0 Å². The number of rotatable bonds is 5. The van der Waals surface area contributed by atoms with Gasteiger partial charge in [0.15, 0.2) is 6.61 Å². The van der Waals surface area contributed by atoms with Gasteiger partial charge in [-0.2, -0.15) is 5.26 Å². The molecule has 0 atom stereocenters. The Morgan fingerprint density at radius 2 is 1.65 bits per heavy atom. The molecule has 1 aliphatic heterocycles. The first-order chi connectivity index (χ1) is 15.0. The molecule has 9 heteroatoms. The largest absolute Gasteiger partial charge is 0.452 e. The van der Waals surface area contributed by atoms with Gasteiger partial charge in [0.05, 0.1) is 27.9 Å². The molecule has 0 fully saturated rings. The molecule has 0 radical (unpaired) electrons. The third-order valence-electron chi connectivity index (χ3n) is 4.53. The summed E-state index contributed by atoms with van der Waals surface area (Å²) in [5.74, 6) is -2.18. The number of carbonyl (C=O) groups is 4. The van der Waals surface area contributed by atoms with E-state index in [2.05, 4.69) is 5.32 Å². The molecule has 0 saturated heterocycles. The first-order valence-electron chi connectivity index (χ1n) is 9.02. The monoisotopic (exact) mass is 431 g/mol. The lowest BCUT2D eigenvalue weighted by molar-refractivity contribution is -0.119. The van der Waals surface area contributed by atoms with Gasteiger partial charge in [-0.15, -0.1) is 11.3 Å². The lowest BCUT2D eigenvalue weighted by Gasteiger charge is -2.14. The maximum atomic E-state index is 12.5. The molecular weight excluding hydrogens is 418 g/mol. The Hall–Kier alpha value is -4.29. The maximum Gasteiger partial charge on any atom is 0.338 e. The van der Waals surface area contributed by atoms with Gasteiger partial charge in [-0.05, 0) is 47.8 Å². The number of nitrogens with zero attached hydrogens (tertiary/aromatic N) is 2. The van der Waals surface area contributed by atoms with E-state index in [0.717, 1.165) is 4.90 Å². The summed E-state index contributed by atoms with van der Waals surface area (Å²) >= 11 is 1.19. The average molecular weight is 431 g/mol. The van der Waals surface area contributed by atoms with Gasteiger partial charge in [-0.3, -0.25) is 14.4 Å². The summed E-state index contributed by atoms with van der Waals surface area (Å²) in [5.41, 5.74) is 1.46. The second-order valence-corrected chi connectivity index (χ2v) is 7.35. The fourth-order valence-electron chi connectivity index (χ4n) is 3.04. The van der Waals surface area contributed by atoms with Gasteiger partial charge in [-0.1, -0.05) is 12.1 Å². The molecule has 2 heterocycles. The molecule has 0 spiro atoms. The van der Waals surface area contributed by atoms with E-state index < -0.39 is 30.3 Å². The van der Waals surface area contributed by atoms with Gasteiger partial charge in [-0.25, -0.2) is 9.69 Å². The number of hydrogen-bond donors (Lipinski definition) is 1. The van der Waals surface area contributed by atoms with Crippen LogP contribution in [0.2, 0.25) is 0 Å². The zero-order valence-electron chi connectivity index (χ0n) is 15.8. The third-order valence-corrected chi connectivity index (χ3v) is 5.36. The molecule has 0 unspecified atom stereocenters. The Labute approximate surface area is 180 Å². The number of thiophene rings is 1. The summed E-state index contributed by atoms with van der Waals surface area (Å²) in [6.45, 7) is -0.526. The van der Waals surface area contributed by atoms with Crippen LogP contribution < -0.4 is 10.2 Å². The van der Waals surface area contributed by atoms with Crippen LogP contribution in [0.5, 0.6) is 0 Å². The predicted octanol–water partition coefficient (Wildman–Crippen LogP) is 3.22. The number of amides is 3. The van der Waals surface area contributed by atoms with E-state index in [1.165, 1.54) is 35.6 Å². The molecule has 152 valence electrons. The maximum absolute atomic E-state index is 12.5. The number of anilines is 2. The molecule has 0 bridgehead atoms. The number of nitrogens with one attached hydrogen (secondary N) is 1. The summed E-state index contributed by atoms with van der Waals surface area (Å²) in [4.78, 5) is 50.3. The lowest BCUT2D eigenvalue weighted by Crippen LogP contribution is -2.29. The smallest absolute Gasteiger partial charge is 0.338 e. The summed E-state index contributed by atoms with van der Waals surface area (Å²) < 4.78 is 4.99. The fourth-order valence-corrected chi connectivity index (χ4v) is 3.80. The molecule has 0 aliphatic carbocycles. The van der Waals surface area contributed by atoms with Crippen LogP contribution in [0.4, 0.5) is 10.7 Å². The van der Waals surface area contributed by atoms with Crippen molar-refractivity contribution in [2.75, 3.05) is 16.8 Å². The Balaban J connectivity index is 1.39. The standard InChI is InChI=1S/C22H13N3O5S/c23-11-14-9-10-31-19(14)24-18(26)12-30-22(29)13-5-7-15(8-6-13)25-20(27)16-3-1-2-4-17(16)21(25)28/h1-10H,12H2,(H,24,26). The second-order valence-electron chi connectivity index (χ2n) is 6.44. The minimum absolute atomic E-state index is 0.155. The topological polar surface area (TPSA) is 117 Å². The van der Waals surface area contributed by atoms with Crippen molar-refractivity contribution in [2.24, 2.45) is 0 Å². The Bertz CT molecular complexity index is 1220. The highest BCUT2D eigenvalue weighted by Gasteiger charge is 2.36. The van der Waals surface area contributed by atoms with E-state index in [4.69, 9.17) is 10.00 Å². The normalized spacial score (nSPS) is 12.3. The van der Waals surface area contributed by atoms with Gasteiger partial charge >= 0.3 is 5.97 Å². The van der Waals surface area contributed by atoms with Crippen molar-refractivity contribution >= 4 is 45.7 Å². The van der Waals surface area contributed by atoms with Crippen LogP contribution >= 0.6 is 11.3 Å². The van der Waals surface area contributed by atoms with Gasteiger partial charge in [0.25, 0.3) is 17.7 Å². The van der Waals surface area contributed by atoms with Crippen molar-refractivity contribution in [3.8, 4) is 6.07 Å². The first kappa shape index (κ1) is 20.0. The van der Waals surface area contributed by atoms with Gasteiger partial charge < -0.3 is 10.1 Å². The second kappa shape index (κ2) is 8.22. The minimum atomic E-state index is -0.740. The van der Waals surface area contributed by atoms with E-state index >= 15 is 0 Å². The van der Waals surface area contributed by atoms with Crippen LogP contribution in [0, 0.1) is 11.3 Å². The van der Waals surface area contributed by atoms with Crippen LogP contribution in [0.15, 0.2) is 60.0 Å². The number of benzene rings is 2. The molecule has 3 amide bonds. The van der Waals surface area contributed by atoms with E-state index in [0.29, 0.717) is 27.4 Å². The predicted molar refractivity (Wildman–Crippen MR) is 112 cm³/mol. The average Bonchev–Trinajstić information content (AvgIpc) is 3.34. The Morgan fingerprint density at radius 3 is 2.26 bits per heavy atom. The summed E-state index contributed by atoms with van der Waals surface area (Å²) in [7, 11) is 0. The Kier molecular flexibility index (Phi) is 5.30. The number of ether oxygens (including phenoxy) is 1. The number of imide groups is 1. The lowest BCUT2D eigenvalue weighted by atomic mass is 10.1. The molecule has 4 rings (SSSR count). The van der Waals surface area contributed by atoms with Crippen LogP contribution in [-0.2, 0) is 9.53 Å². The van der Waals surface area contributed by atoms with E-state index in [1.807, 2.05) is 6.07 Å². The molecule has 1 N–H and O–H groups in total. The van der Waals surface area contributed by atoms with Gasteiger partial charge in [0, 0.05) is 0 Å². The van der Waals surface area contributed by atoms with E-state index in [9.17, 15) is 19.2 Å². The van der Waals surface area contributed by atoms with Crippen LogP contribution in [0.3, 0.4) is 0 Å². The SMILES string of the molecule is N#Cc1ccsc1NC(=O)COC(=O)c1ccc(N2C(=O)c3ccccc3C2=O)cc1. The summed E-state index contributed by atoms with van der Waals surface area (Å²) in [6, 6.07) is 15.8. The third kappa shape index (κ3) is 3.80. The van der Waals surface area contributed by atoms with Crippen LogP contribution in [0.1, 0.15) is 36.6 Å². The van der Waals surface area contributed by atoms with E-state index in [-0.39, 0.29) is 5.56 Å². The number of esters is 1. The van der Waals surface area contributed by atoms with Crippen molar-refractivity contribution in [1.82, 2.24) is 0 Å².